The van der Waals surface area contributed by atoms with Crippen molar-refractivity contribution in [2.24, 2.45) is 5.73 Å². The molecule has 0 spiro atoms. The van der Waals surface area contributed by atoms with Gasteiger partial charge in [0.05, 0.1) is 6.04 Å². The topological polar surface area (TPSA) is 26.0 Å². The van der Waals surface area contributed by atoms with Crippen LogP contribution in [0.2, 0.25) is 0 Å². The van der Waals surface area contributed by atoms with Gasteiger partial charge in [0.15, 0.2) is 0 Å². The number of benzene rings is 2. The van der Waals surface area contributed by atoms with Crippen molar-refractivity contribution in [1.29, 1.82) is 0 Å². The van der Waals surface area contributed by atoms with Crippen LogP contribution in [0, 0.1) is 5.82 Å². The first-order valence-corrected chi connectivity index (χ1v) is 6.85. The summed E-state index contributed by atoms with van der Waals surface area (Å²) >= 11 is 0. The maximum absolute atomic E-state index is 13.3. The monoisotopic (exact) mass is 255 g/mol. The smallest absolute Gasteiger partial charge is 0.123 e. The second-order valence-corrected chi connectivity index (χ2v) is 5.33. The normalized spacial score (nSPS) is 16.9. The zero-order valence-electron chi connectivity index (χ0n) is 10.9. The van der Waals surface area contributed by atoms with Gasteiger partial charge in [-0.05, 0) is 47.6 Å². The van der Waals surface area contributed by atoms with Crippen LogP contribution in [0.3, 0.4) is 0 Å². The van der Waals surface area contributed by atoms with Crippen molar-refractivity contribution >= 4 is 0 Å². The molecular weight excluding hydrogens is 237 g/mol. The fourth-order valence-electron chi connectivity index (χ4n) is 2.64. The molecule has 1 atom stereocenters. The molecule has 2 aromatic rings. The van der Waals surface area contributed by atoms with Crippen molar-refractivity contribution < 1.29 is 4.39 Å². The lowest BCUT2D eigenvalue weighted by atomic mass is 9.79. The van der Waals surface area contributed by atoms with E-state index in [-0.39, 0.29) is 11.9 Å². The molecule has 0 aromatic heterocycles. The Labute approximate surface area is 113 Å². The SMILES string of the molecule is NC(c1cccc(F)c1)c1cccc(C2CCC2)c1. The van der Waals surface area contributed by atoms with Crippen molar-refractivity contribution in [2.45, 2.75) is 31.2 Å². The highest BCUT2D eigenvalue weighted by Crippen LogP contribution is 2.37. The first kappa shape index (κ1) is 12.4. The van der Waals surface area contributed by atoms with Crippen LogP contribution in [0.4, 0.5) is 4.39 Å². The Morgan fingerprint density at radius 3 is 2.32 bits per heavy atom. The summed E-state index contributed by atoms with van der Waals surface area (Å²) in [5.41, 5.74) is 9.51. The lowest BCUT2D eigenvalue weighted by Gasteiger charge is -2.26. The highest BCUT2D eigenvalue weighted by atomic mass is 19.1. The standard InChI is InChI=1S/C17H18FN/c18-16-9-3-8-15(11-16)17(19)14-7-2-6-13(10-14)12-4-1-5-12/h2-3,6-12,17H,1,4-5,19H2. The van der Waals surface area contributed by atoms with Crippen LogP contribution in [-0.4, -0.2) is 0 Å². The zero-order valence-corrected chi connectivity index (χ0v) is 10.9. The molecule has 1 nitrogen and oxygen atoms in total. The number of hydrogen-bond donors (Lipinski definition) is 1. The van der Waals surface area contributed by atoms with Gasteiger partial charge in [0.25, 0.3) is 0 Å². The Kier molecular flexibility index (Phi) is 3.34. The molecular formula is C17H18FN. The third kappa shape index (κ3) is 2.54. The minimum absolute atomic E-state index is 0.233. The van der Waals surface area contributed by atoms with E-state index in [0.717, 1.165) is 11.1 Å². The average Bonchev–Trinajstić information content (AvgIpc) is 2.36. The van der Waals surface area contributed by atoms with Crippen LogP contribution >= 0.6 is 0 Å². The number of hydrogen-bond acceptors (Lipinski definition) is 1. The third-order valence-electron chi connectivity index (χ3n) is 4.05. The van der Waals surface area contributed by atoms with Crippen LogP contribution in [0.15, 0.2) is 48.5 Å². The average molecular weight is 255 g/mol. The van der Waals surface area contributed by atoms with E-state index < -0.39 is 0 Å². The molecule has 3 rings (SSSR count). The van der Waals surface area contributed by atoms with Gasteiger partial charge in [0.2, 0.25) is 0 Å². The van der Waals surface area contributed by atoms with Gasteiger partial charge in [-0.15, -0.1) is 0 Å². The van der Waals surface area contributed by atoms with Crippen molar-refractivity contribution in [3.63, 3.8) is 0 Å². The Morgan fingerprint density at radius 1 is 1.00 bits per heavy atom. The van der Waals surface area contributed by atoms with Gasteiger partial charge < -0.3 is 5.73 Å². The second kappa shape index (κ2) is 5.14. The lowest BCUT2D eigenvalue weighted by molar-refractivity contribution is 0.419. The van der Waals surface area contributed by atoms with E-state index in [4.69, 9.17) is 5.73 Å². The summed E-state index contributed by atoms with van der Waals surface area (Å²) in [7, 11) is 0. The zero-order chi connectivity index (χ0) is 13.2. The molecule has 1 aliphatic carbocycles. The van der Waals surface area contributed by atoms with E-state index >= 15 is 0 Å². The van der Waals surface area contributed by atoms with E-state index in [1.165, 1.54) is 37.0 Å². The number of nitrogens with two attached hydrogens (primary N) is 1. The van der Waals surface area contributed by atoms with Crippen molar-refractivity contribution in [2.75, 3.05) is 0 Å². The van der Waals surface area contributed by atoms with Gasteiger partial charge in [-0.1, -0.05) is 42.8 Å². The van der Waals surface area contributed by atoms with Gasteiger partial charge >= 0.3 is 0 Å². The van der Waals surface area contributed by atoms with Gasteiger partial charge in [-0.2, -0.15) is 0 Å². The molecule has 0 saturated heterocycles. The van der Waals surface area contributed by atoms with E-state index in [2.05, 4.69) is 18.2 Å². The van der Waals surface area contributed by atoms with Crippen molar-refractivity contribution in [1.82, 2.24) is 0 Å². The van der Waals surface area contributed by atoms with Crippen LogP contribution in [0.1, 0.15) is 47.9 Å². The molecule has 0 aliphatic heterocycles. The predicted molar refractivity (Wildman–Crippen MR) is 75.5 cm³/mol. The first-order chi connectivity index (χ1) is 9.24. The quantitative estimate of drug-likeness (QED) is 0.876. The summed E-state index contributed by atoms with van der Waals surface area (Å²) in [6.45, 7) is 0. The Morgan fingerprint density at radius 2 is 1.68 bits per heavy atom. The summed E-state index contributed by atoms with van der Waals surface area (Å²) in [6, 6.07) is 14.7. The number of halogens is 1. The minimum atomic E-state index is -0.254. The summed E-state index contributed by atoms with van der Waals surface area (Å²) in [4.78, 5) is 0. The fraction of sp³-hybridized carbons (Fsp3) is 0.294. The highest BCUT2D eigenvalue weighted by Gasteiger charge is 2.20. The Balaban J connectivity index is 1.88. The van der Waals surface area contributed by atoms with Crippen LogP contribution in [0.5, 0.6) is 0 Å². The molecule has 0 heterocycles. The molecule has 1 unspecified atom stereocenters. The van der Waals surface area contributed by atoms with Gasteiger partial charge in [-0.3, -0.25) is 0 Å². The molecule has 2 heteroatoms. The Hall–Kier alpha value is -1.67. The maximum Gasteiger partial charge on any atom is 0.123 e. The Bertz CT molecular complexity index is 575. The molecule has 2 N–H and O–H groups in total. The van der Waals surface area contributed by atoms with Crippen molar-refractivity contribution in [3.05, 3.63) is 71.0 Å². The van der Waals surface area contributed by atoms with E-state index in [1.54, 1.807) is 6.07 Å². The summed E-state index contributed by atoms with van der Waals surface area (Å²) < 4.78 is 13.3. The third-order valence-corrected chi connectivity index (χ3v) is 4.05. The highest BCUT2D eigenvalue weighted by molar-refractivity contribution is 5.35. The molecule has 0 bridgehead atoms. The van der Waals surface area contributed by atoms with E-state index in [1.807, 2.05) is 12.1 Å². The predicted octanol–water partition coefficient (Wildman–Crippen LogP) is 4.14. The second-order valence-electron chi connectivity index (χ2n) is 5.33. The summed E-state index contributed by atoms with van der Waals surface area (Å²) in [5, 5.41) is 0. The maximum atomic E-state index is 13.3. The van der Waals surface area contributed by atoms with Gasteiger partial charge in [-0.25, -0.2) is 4.39 Å². The molecule has 1 aliphatic rings. The van der Waals surface area contributed by atoms with Crippen LogP contribution in [-0.2, 0) is 0 Å². The number of rotatable bonds is 3. The molecule has 1 saturated carbocycles. The van der Waals surface area contributed by atoms with E-state index in [0.29, 0.717) is 5.92 Å². The molecule has 19 heavy (non-hydrogen) atoms. The van der Waals surface area contributed by atoms with Crippen LogP contribution < -0.4 is 5.73 Å². The van der Waals surface area contributed by atoms with Crippen LogP contribution in [0.25, 0.3) is 0 Å². The van der Waals surface area contributed by atoms with Gasteiger partial charge in [0, 0.05) is 0 Å². The fourth-order valence-corrected chi connectivity index (χ4v) is 2.64. The van der Waals surface area contributed by atoms with E-state index in [9.17, 15) is 4.39 Å². The summed E-state index contributed by atoms with van der Waals surface area (Å²) in [5.74, 6) is 0.461. The first-order valence-electron chi connectivity index (χ1n) is 6.85. The molecule has 98 valence electrons. The van der Waals surface area contributed by atoms with Gasteiger partial charge in [0.1, 0.15) is 5.82 Å². The minimum Gasteiger partial charge on any atom is -0.320 e. The largest absolute Gasteiger partial charge is 0.320 e. The molecule has 0 amide bonds. The summed E-state index contributed by atoms with van der Waals surface area (Å²) in [6.07, 6.45) is 3.88. The molecule has 2 aromatic carbocycles. The lowest BCUT2D eigenvalue weighted by Crippen LogP contribution is -2.14. The molecule has 0 radical (unpaired) electrons. The van der Waals surface area contributed by atoms with Crippen molar-refractivity contribution in [3.8, 4) is 0 Å². The molecule has 1 fully saturated rings.